The Morgan fingerprint density at radius 1 is 1.17 bits per heavy atom. The monoisotopic (exact) mass is 247 g/mol. The predicted octanol–water partition coefficient (Wildman–Crippen LogP) is 0.610. The zero-order valence-corrected chi connectivity index (χ0v) is 10.8. The molecule has 0 aromatic carbocycles. The second-order valence-electron chi connectivity index (χ2n) is 5.22. The van der Waals surface area contributed by atoms with Gasteiger partial charge in [0, 0.05) is 25.7 Å². The van der Waals surface area contributed by atoms with Gasteiger partial charge in [-0.1, -0.05) is 0 Å². The molecule has 3 heterocycles. The van der Waals surface area contributed by atoms with E-state index in [-0.39, 0.29) is 0 Å². The standard InChI is InChI=1S/C13H21N5/c14-9-11-3-4-13(16-15-11)18-8-5-12(10-18)17-6-1-2-7-17/h3-4,12H,1-2,5-10,14H2. The van der Waals surface area contributed by atoms with Crippen LogP contribution in [0.25, 0.3) is 0 Å². The van der Waals surface area contributed by atoms with Gasteiger partial charge in [-0.3, -0.25) is 4.90 Å². The van der Waals surface area contributed by atoms with Gasteiger partial charge in [0.1, 0.15) is 0 Å². The maximum atomic E-state index is 5.54. The molecule has 2 fully saturated rings. The lowest BCUT2D eigenvalue weighted by Gasteiger charge is -2.23. The third-order valence-corrected chi connectivity index (χ3v) is 4.06. The van der Waals surface area contributed by atoms with Gasteiger partial charge in [0.2, 0.25) is 0 Å². The minimum atomic E-state index is 0.462. The molecule has 1 aromatic rings. The normalized spacial score (nSPS) is 24.9. The average Bonchev–Trinajstić information content (AvgIpc) is 3.09. The smallest absolute Gasteiger partial charge is 0.151 e. The van der Waals surface area contributed by atoms with Gasteiger partial charge in [-0.05, 0) is 44.5 Å². The van der Waals surface area contributed by atoms with Gasteiger partial charge in [0.15, 0.2) is 5.82 Å². The maximum absolute atomic E-state index is 5.54. The molecule has 0 radical (unpaired) electrons. The summed E-state index contributed by atoms with van der Waals surface area (Å²) in [6.45, 7) is 5.20. The molecular weight excluding hydrogens is 226 g/mol. The van der Waals surface area contributed by atoms with Gasteiger partial charge in [0.25, 0.3) is 0 Å². The molecule has 2 N–H and O–H groups in total. The van der Waals surface area contributed by atoms with Crippen LogP contribution in [0.1, 0.15) is 25.0 Å². The highest BCUT2D eigenvalue weighted by atomic mass is 15.3. The van der Waals surface area contributed by atoms with E-state index in [1.54, 1.807) is 0 Å². The molecule has 1 atom stereocenters. The molecule has 18 heavy (non-hydrogen) atoms. The zero-order chi connectivity index (χ0) is 12.4. The Morgan fingerprint density at radius 3 is 2.67 bits per heavy atom. The summed E-state index contributed by atoms with van der Waals surface area (Å²) in [6, 6.07) is 4.73. The van der Waals surface area contributed by atoms with Crippen molar-refractivity contribution >= 4 is 5.82 Å². The molecule has 0 spiro atoms. The van der Waals surface area contributed by atoms with Crippen molar-refractivity contribution in [3.05, 3.63) is 17.8 Å². The lowest BCUT2D eigenvalue weighted by atomic mass is 10.2. The maximum Gasteiger partial charge on any atom is 0.151 e. The topological polar surface area (TPSA) is 58.3 Å². The molecule has 5 nitrogen and oxygen atoms in total. The summed E-state index contributed by atoms with van der Waals surface area (Å²) in [7, 11) is 0. The van der Waals surface area contributed by atoms with Crippen LogP contribution in [-0.4, -0.2) is 47.3 Å². The highest BCUT2D eigenvalue weighted by molar-refractivity contribution is 5.39. The van der Waals surface area contributed by atoms with Crippen molar-refractivity contribution in [1.82, 2.24) is 15.1 Å². The number of hydrogen-bond acceptors (Lipinski definition) is 5. The molecule has 2 aliphatic rings. The van der Waals surface area contributed by atoms with Crippen LogP contribution in [0, 0.1) is 0 Å². The third-order valence-electron chi connectivity index (χ3n) is 4.06. The summed E-state index contributed by atoms with van der Waals surface area (Å²) < 4.78 is 0. The molecule has 98 valence electrons. The molecular formula is C13H21N5. The quantitative estimate of drug-likeness (QED) is 0.848. The van der Waals surface area contributed by atoms with Crippen LogP contribution in [0.5, 0.6) is 0 Å². The molecule has 3 rings (SSSR count). The van der Waals surface area contributed by atoms with Crippen LogP contribution in [-0.2, 0) is 6.54 Å². The zero-order valence-electron chi connectivity index (χ0n) is 10.8. The number of anilines is 1. The van der Waals surface area contributed by atoms with E-state index in [1.807, 2.05) is 12.1 Å². The molecule has 2 aliphatic heterocycles. The van der Waals surface area contributed by atoms with E-state index >= 15 is 0 Å². The van der Waals surface area contributed by atoms with E-state index in [0.29, 0.717) is 12.6 Å². The summed E-state index contributed by atoms with van der Waals surface area (Å²) in [5, 5.41) is 8.40. The molecule has 1 unspecified atom stereocenters. The van der Waals surface area contributed by atoms with Crippen LogP contribution in [0.3, 0.4) is 0 Å². The number of likely N-dealkylation sites (tertiary alicyclic amines) is 1. The first-order valence-corrected chi connectivity index (χ1v) is 6.88. The van der Waals surface area contributed by atoms with Crippen molar-refractivity contribution in [2.75, 3.05) is 31.1 Å². The highest BCUT2D eigenvalue weighted by Gasteiger charge is 2.29. The molecule has 1 aromatic heterocycles. The Labute approximate surface area is 108 Å². The summed E-state index contributed by atoms with van der Waals surface area (Å²) in [6.07, 6.45) is 3.98. The van der Waals surface area contributed by atoms with Gasteiger partial charge < -0.3 is 10.6 Å². The molecule has 0 aliphatic carbocycles. The highest BCUT2D eigenvalue weighted by Crippen LogP contribution is 2.23. The van der Waals surface area contributed by atoms with Crippen molar-refractivity contribution in [1.29, 1.82) is 0 Å². The van der Waals surface area contributed by atoms with Crippen molar-refractivity contribution in [2.45, 2.75) is 31.8 Å². The summed E-state index contributed by atoms with van der Waals surface area (Å²) in [5.74, 6) is 0.994. The fraction of sp³-hybridized carbons (Fsp3) is 0.692. The number of nitrogens with two attached hydrogens (primary N) is 1. The largest absolute Gasteiger partial charge is 0.354 e. The number of aromatic nitrogens is 2. The van der Waals surface area contributed by atoms with Crippen LogP contribution >= 0.6 is 0 Å². The molecule has 5 heteroatoms. The first-order valence-electron chi connectivity index (χ1n) is 6.88. The lowest BCUT2D eigenvalue weighted by molar-refractivity contribution is 0.260. The minimum absolute atomic E-state index is 0.462. The van der Waals surface area contributed by atoms with Crippen molar-refractivity contribution in [3.63, 3.8) is 0 Å². The van der Waals surface area contributed by atoms with Crippen LogP contribution in [0.15, 0.2) is 12.1 Å². The van der Waals surface area contributed by atoms with E-state index < -0.39 is 0 Å². The molecule has 0 amide bonds. The van der Waals surface area contributed by atoms with E-state index in [4.69, 9.17) is 5.73 Å². The van der Waals surface area contributed by atoms with Gasteiger partial charge >= 0.3 is 0 Å². The second kappa shape index (κ2) is 5.20. The Bertz CT molecular complexity index is 385. The molecule has 2 saturated heterocycles. The SMILES string of the molecule is NCc1ccc(N2CCC(N3CCCC3)C2)nn1. The van der Waals surface area contributed by atoms with E-state index in [2.05, 4.69) is 20.0 Å². The van der Waals surface area contributed by atoms with Crippen LogP contribution in [0.2, 0.25) is 0 Å². The van der Waals surface area contributed by atoms with E-state index in [0.717, 1.165) is 24.6 Å². The summed E-state index contributed by atoms with van der Waals surface area (Å²) in [5.41, 5.74) is 6.39. The van der Waals surface area contributed by atoms with Gasteiger partial charge in [0.05, 0.1) is 5.69 Å². The van der Waals surface area contributed by atoms with Crippen molar-refractivity contribution < 1.29 is 0 Å². The Balaban J connectivity index is 1.63. The second-order valence-corrected chi connectivity index (χ2v) is 5.22. The lowest BCUT2D eigenvalue weighted by Crippen LogP contribution is -2.35. The Morgan fingerprint density at radius 2 is 2.00 bits per heavy atom. The Hall–Kier alpha value is -1.20. The number of hydrogen-bond donors (Lipinski definition) is 1. The van der Waals surface area contributed by atoms with Crippen LogP contribution in [0.4, 0.5) is 5.82 Å². The number of rotatable bonds is 3. The predicted molar refractivity (Wildman–Crippen MR) is 71.3 cm³/mol. The van der Waals surface area contributed by atoms with Crippen LogP contribution < -0.4 is 10.6 Å². The summed E-state index contributed by atoms with van der Waals surface area (Å²) >= 11 is 0. The molecule has 0 bridgehead atoms. The van der Waals surface area contributed by atoms with Crippen molar-refractivity contribution in [2.24, 2.45) is 5.73 Å². The van der Waals surface area contributed by atoms with Gasteiger partial charge in [-0.15, -0.1) is 5.10 Å². The van der Waals surface area contributed by atoms with Gasteiger partial charge in [-0.25, -0.2) is 0 Å². The molecule has 0 saturated carbocycles. The first kappa shape index (κ1) is 11.9. The fourth-order valence-electron chi connectivity index (χ4n) is 2.99. The van der Waals surface area contributed by atoms with E-state index in [1.165, 1.54) is 32.4 Å². The summed E-state index contributed by atoms with van der Waals surface area (Å²) in [4.78, 5) is 4.97. The third kappa shape index (κ3) is 2.33. The fourth-order valence-corrected chi connectivity index (χ4v) is 2.99. The van der Waals surface area contributed by atoms with E-state index in [9.17, 15) is 0 Å². The number of nitrogens with zero attached hydrogens (tertiary/aromatic N) is 4. The van der Waals surface area contributed by atoms with Gasteiger partial charge in [-0.2, -0.15) is 5.10 Å². The first-order chi connectivity index (χ1) is 8.86. The Kier molecular flexibility index (Phi) is 3.43. The van der Waals surface area contributed by atoms with Crippen molar-refractivity contribution in [3.8, 4) is 0 Å². The minimum Gasteiger partial charge on any atom is -0.354 e. The average molecular weight is 247 g/mol.